The van der Waals surface area contributed by atoms with Crippen LogP contribution in [0.5, 0.6) is 5.88 Å². The summed E-state index contributed by atoms with van der Waals surface area (Å²) in [6.45, 7) is 3.82. The minimum absolute atomic E-state index is 0.0692. The van der Waals surface area contributed by atoms with Gasteiger partial charge in [-0.1, -0.05) is 24.3 Å². The summed E-state index contributed by atoms with van der Waals surface area (Å²) < 4.78 is 28.7. The van der Waals surface area contributed by atoms with E-state index in [4.69, 9.17) is 5.73 Å². The van der Waals surface area contributed by atoms with E-state index in [0.717, 1.165) is 42.4 Å². The molecule has 2 aromatic carbocycles. The number of aromatic hydroxyl groups is 1. The van der Waals surface area contributed by atoms with Crippen molar-refractivity contribution in [1.29, 1.82) is 0 Å². The van der Waals surface area contributed by atoms with Gasteiger partial charge in [0.15, 0.2) is 0 Å². The van der Waals surface area contributed by atoms with Gasteiger partial charge in [0.05, 0.1) is 10.6 Å². The number of nitrogens with one attached hydrogen (secondary N) is 1. The van der Waals surface area contributed by atoms with Crippen LogP contribution in [0.2, 0.25) is 0 Å². The predicted molar refractivity (Wildman–Crippen MR) is 138 cm³/mol. The highest BCUT2D eigenvalue weighted by molar-refractivity contribution is 7.92. The molecule has 1 aliphatic rings. The Morgan fingerprint density at radius 1 is 1.03 bits per heavy atom. The average molecular weight is 510 g/mol. The first-order chi connectivity index (χ1) is 17.0. The van der Waals surface area contributed by atoms with Gasteiger partial charge in [-0.25, -0.2) is 18.1 Å². The first kappa shape index (κ1) is 25.6. The maximum absolute atomic E-state index is 13.2. The fraction of sp³-hybridized carbons (Fsp3) is 0.346. The molecule has 1 amide bonds. The van der Waals surface area contributed by atoms with Crippen LogP contribution < -0.4 is 10.5 Å². The van der Waals surface area contributed by atoms with E-state index in [1.165, 1.54) is 24.3 Å². The molecule has 36 heavy (non-hydrogen) atoms. The number of rotatable bonds is 6. The maximum Gasteiger partial charge on any atom is 0.264 e. The molecule has 1 heterocycles. The molecule has 0 unspecified atom stereocenters. The number of carbonyl (C=O) groups excluding carboxylic acids is 1. The third kappa shape index (κ3) is 5.50. The molecule has 9 nitrogen and oxygen atoms in total. The summed E-state index contributed by atoms with van der Waals surface area (Å²) in [6.07, 6.45) is 3.35. The number of carbonyl (C=O) groups is 1. The molecule has 3 aromatic rings. The summed E-state index contributed by atoms with van der Waals surface area (Å²) in [5.41, 5.74) is 9.29. The molecule has 0 aliphatic heterocycles. The van der Waals surface area contributed by atoms with Crippen LogP contribution in [0, 0.1) is 13.8 Å². The van der Waals surface area contributed by atoms with Crippen LogP contribution in [0.1, 0.15) is 47.2 Å². The largest absolute Gasteiger partial charge is 0.493 e. The molecule has 0 saturated heterocycles. The highest BCUT2D eigenvalue weighted by Gasteiger charge is 2.27. The van der Waals surface area contributed by atoms with Crippen molar-refractivity contribution in [3.05, 3.63) is 65.2 Å². The van der Waals surface area contributed by atoms with Crippen LogP contribution in [0.15, 0.2) is 53.4 Å². The van der Waals surface area contributed by atoms with Crippen LogP contribution in [0.3, 0.4) is 0 Å². The Labute approximate surface area is 211 Å². The second-order valence-corrected chi connectivity index (χ2v) is 11.0. The van der Waals surface area contributed by atoms with Crippen molar-refractivity contribution < 1.29 is 18.3 Å². The quantitative estimate of drug-likeness (QED) is 0.461. The second kappa shape index (κ2) is 10.2. The minimum Gasteiger partial charge on any atom is -0.493 e. The Bertz CT molecular complexity index is 1360. The molecule has 1 aliphatic carbocycles. The Hall–Kier alpha value is -3.50. The van der Waals surface area contributed by atoms with Crippen molar-refractivity contribution in [2.24, 2.45) is 5.73 Å². The predicted octanol–water partition coefficient (Wildman–Crippen LogP) is 3.61. The fourth-order valence-corrected chi connectivity index (χ4v) is 5.65. The third-order valence-corrected chi connectivity index (χ3v) is 8.00. The van der Waals surface area contributed by atoms with Crippen molar-refractivity contribution >= 4 is 21.9 Å². The molecule has 0 spiro atoms. The van der Waals surface area contributed by atoms with Crippen LogP contribution in [-0.2, 0) is 10.0 Å². The lowest BCUT2D eigenvalue weighted by Crippen LogP contribution is -2.41. The second-order valence-electron chi connectivity index (χ2n) is 9.32. The van der Waals surface area contributed by atoms with Crippen molar-refractivity contribution in [1.82, 2.24) is 14.9 Å². The summed E-state index contributed by atoms with van der Waals surface area (Å²) in [6, 6.07) is 13.2. The van der Waals surface area contributed by atoms with Gasteiger partial charge in [-0.2, -0.15) is 4.98 Å². The number of sulfonamides is 1. The molecule has 4 rings (SSSR count). The number of benzene rings is 2. The van der Waals surface area contributed by atoms with Crippen LogP contribution >= 0.6 is 0 Å². The number of hydrogen-bond donors (Lipinski definition) is 3. The molecule has 190 valence electrons. The number of nitrogens with zero attached hydrogens (tertiary/aromatic N) is 3. The summed E-state index contributed by atoms with van der Waals surface area (Å²) >= 11 is 0. The Balaban J connectivity index is 1.58. The van der Waals surface area contributed by atoms with E-state index in [-0.39, 0.29) is 40.3 Å². The lowest BCUT2D eigenvalue weighted by molar-refractivity contribution is 0.0689. The Kier molecular flexibility index (Phi) is 7.28. The topological polar surface area (TPSA) is 139 Å². The highest BCUT2D eigenvalue weighted by atomic mass is 32.2. The van der Waals surface area contributed by atoms with E-state index >= 15 is 0 Å². The number of amides is 1. The van der Waals surface area contributed by atoms with Gasteiger partial charge in [-0.05, 0) is 68.9 Å². The molecule has 10 heteroatoms. The number of hydrogen-bond acceptors (Lipinski definition) is 7. The highest BCUT2D eigenvalue weighted by Crippen LogP contribution is 2.29. The van der Waals surface area contributed by atoms with Crippen molar-refractivity contribution in [2.45, 2.75) is 56.5 Å². The van der Waals surface area contributed by atoms with Gasteiger partial charge in [0.1, 0.15) is 0 Å². The molecular formula is C26H31N5O4S. The molecule has 1 fully saturated rings. The third-order valence-electron chi connectivity index (χ3n) is 6.68. The number of aryl methyl sites for hydroxylation is 2. The van der Waals surface area contributed by atoms with E-state index in [1.54, 1.807) is 18.0 Å². The van der Waals surface area contributed by atoms with Gasteiger partial charge in [0.25, 0.3) is 15.9 Å². The van der Waals surface area contributed by atoms with Gasteiger partial charge in [-0.15, -0.1) is 0 Å². The Morgan fingerprint density at radius 2 is 1.67 bits per heavy atom. The van der Waals surface area contributed by atoms with Gasteiger partial charge in [-0.3, -0.25) is 4.79 Å². The van der Waals surface area contributed by atoms with Crippen LogP contribution in [0.25, 0.3) is 11.3 Å². The monoisotopic (exact) mass is 509 g/mol. The maximum atomic E-state index is 13.2. The zero-order valence-electron chi connectivity index (χ0n) is 20.6. The zero-order valence-corrected chi connectivity index (χ0v) is 21.4. The summed E-state index contributed by atoms with van der Waals surface area (Å²) in [7, 11) is -2.40. The zero-order chi connectivity index (χ0) is 26.0. The summed E-state index contributed by atoms with van der Waals surface area (Å²) in [5, 5.41) is 10.2. The number of aromatic nitrogens is 2. The average Bonchev–Trinajstić information content (AvgIpc) is 2.83. The molecule has 1 saturated carbocycles. The normalized spacial score (nSPS) is 18.0. The number of nitrogens with two attached hydrogens (primary N) is 1. The van der Waals surface area contributed by atoms with Gasteiger partial charge in [0.2, 0.25) is 11.8 Å². The first-order valence-electron chi connectivity index (χ1n) is 11.9. The van der Waals surface area contributed by atoms with Crippen molar-refractivity contribution in [2.75, 3.05) is 11.8 Å². The first-order valence-corrected chi connectivity index (χ1v) is 13.3. The van der Waals surface area contributed by atoms with Crippen molar-refractivity contribution in [3.8, 4) is 17.1 Å². The Morgan fingerprint density at radius 3 is 2.33 bits per heavy atom. The smallest absolute Gasteiger partial charge is 0.264 e. The molecule has 1 aromatic heterocycles. The number of anilines is 1. The van der Waals surface area contributed by atoms with Crippen molar-refractivity contribution in [3.63, 3.8) is 0 Å². The lowest BCUT2D eigenvalue weighted by Gasteiger charge is -2.33. The molecule has 0 radical (unpaired) electrons. The molecule has 0 bridgehead atoms. The van der Waals surface area contributed by atoms with E-state index in [9.17, 15) is 18.3 Å². The van der Waals surface area contributed by atoms with E-state index in [2.05, 4.69) is 14.7 Å². The van der Waals surface area contributed by atoms with Gasteiger partial charge < -0.3 is 15.7 Å². The molecule has 4 N–H and O–H groups in total. The van der Waals surface area contributed by atoms with Crippen LogP contribution in [-0.4, -0.2) is 53.4 Å². The molecule has 0 atom stereocenters. The summed E-state index contributed by atoms with van der Waals surface area (Å²) in [5.74, 6) is -0.878. The van der Waals surface area contributed by atoms with E-state index < -0.39 is 10.0 Å². The fourth-order valence-electron chi connectivity index (χ4n) is 4.66. The summed E-state index contributed by atoms with van der Waals surface area (Å²) in [4.78, 5) is 22.9. The van der Waals surface area contributed by atoms with Crippen LogP contribution in [0.4, 0.5) is 5.95 Å². The van der Waals surface area contributed by atoms with E-state index in [0.29, 0.717) is 5.69 Å². The standard InChI is InChI=1S/C26H31N5O4S/c1-16-6-4-7-17(2)24(16)22-15-23(32)29-26(28-22)30-36(34,35)21-9-5-8-18(14-21)25(33)31(3)20-12-10-19(27)11-13-20/h4-9,14-15,19-20H,10-13,27H2,1-3H3,(H2,28,29,30,32). The van der Waals surface area contributed by atoms with E-state index in [1.807, 2.05) is 32.0 Å². The lowest BCUT2D eigenvalue weighted by atomic mass is 9.90. The minimum atomic E-state index is -4.14. The van der Waals surface area contributed by atoms with Gasteiger partial charge >= 0.3 is 0 Å². The SMILES string of the molecule is Cc1cccc(C)c1-c1cc(O)nc(NS(=O)(=O)c2cccc(C(=O)N(C)C3CCC(N)CC3)c2)n1. The molecular weight excluding hydrogens is 478 g/mol. The van der Waals surface area contributed by atoms with Gasteiger partial charge in [0, 0.05) is 36.3 Å².